The van der Waals surface area contributed by atoms with Crippen LogP contribution >= 0.6 is 11.6 Å². The fraction of sp³-hybridized carbons (Fsp3) is 0.320. The normalized spacial score (nSPS) is 17.0. The van der Waals surface area contributed by atoms with E-state index < -0.39 is 18.0 Å². The van der Waals surface area contributed by atoms with Crippen LogP contribution in [-0.4, -0.2) is 54.2 Å². The molecule has 2 heterocycles. The Morgan fingerprint density at radius 3 is 2.78 bits per heavy atom. The molecule has 2 aromatic rings. The molecular weight excluding hydrogens is 488 g/mol. The van der Waals surface area contributed by atoms with E-state index in [-0.39, 0.29) is 37.9 Å². The summed E-state index contributed by atoms with van der Waals surface area (Å²) in [6.45, 7) is 0.868. The van der Waals surface area contributed by atoms with Crippen molar-refractivity contribution in [1.29, 1.82) is 0 Å². The van der Waals surface area contributed by atoms with Crippen LogP contribution in [0.15, 0.2) is 36.4 Å². The number of nitrogens with zero attached hydrogens (tertiary/aromatic N) is 1. The molecule has 0 radical (unpaired) electrons. The minimum Gasteiger partial charge on any atom is -0.374 e. The van der Waals surface area contributed by atoms with Gasteiger partial charge >= 0.3 is 6.03 Å². The molecule has 11 heteroatoms. The third-order valence-corrected chi connectivity index (χ3v) is 6.20. The highest BCUT2D eigenvalue weighted by Crippen LogP contribution is 2.28. The van der Waals surface area contributed by atoms with E-state index in [1.165, 1.54) is 4.90 Å². The number of ether oxygens (including phenoxy) is 1. The number of carbonyl (C=O) groups excluding carboxylic acids is 5. The Morgan fingerprint density at radius 2 is 2.00 bits per heavy atom. The van der Waals surface area contributed by atoms with Gasteiger partial charge in [0.2, 0.25) is 11.8 Å². The number of aldehydes is 1. The van der Waals surface area contributed by atoms with Gasteiger partial charge in [0.1, 0.15) is 18.9 Å². The number of imide groups is 1. The zero-order valence-corrected chi connectivity index (χ0v) is 20.1. The highest BCUT2D eigenvalue weighted by molar-refractivity contribution is 6.31. The Bertz CT molecular complexity index is 1220. The van der Waals surface area contributed by atoms with Crippen molar-refractivity contribution >= 4 is 47.3 Å². The maximum atomic E-state index is 12.8. The minimum atomic E-state index is -0.672. The first-order chi connectivity index (χ1) is 17.3. The Kier molecular flexibility index (Phi) is 7.97. The first-order valence-corrected chi connectivity index (χ1v) is 11.8. The maximum Gasteiger partial charge on any atom is 0.319 e. The van der Waals surface area contributed by atoms with Crippen LogP contribution in [0.2, 0.25) is 5.02 Å². The van der Waals surface area contributed by atoms with Crippen molar-refractivity contribution in [2.24, 2.45) is 0 Å². The van der Waals surface area contributed by atoms with Crippen molar-refractivity contribution in [2.45, 2.75) is 38.4 Å². The lowest BCUT2D eigenvalue weighted by Crippen LogP contribution is -2.52. The summed E-state index contributed by atoms with van der Waals surface area (Å²) >= 11 is 6.15. The fourth-order valence-electron chi connectivity index (χ4n) is 4.28. The Morgan fingerprint density at radius 1 is 1.17 bits per heavy atom. The quantitative estimate of drug-likeness (QED) is 0.268. The molecule has 1 fully saturated rings. The number of fused-ring (bicyclic) bond motifs is 1. The second kappa shape index (κ2) is 11.3. The van der Waals surface area contributed by atoms with Crippen LogP contribution in [0.5, 0.6) is 0 Å². The van der Waals surface area contributed by atoms with E-state index in [1.54, 1.807) is 30.3 Å². The van der Waals surface area contributed by atoms with Gasteiger partial charge in [-0.2, -0.15) is 0 Å². The average molecular weight is 513 g/mol. The van der Waals surface area contributed by atoms with Gasteiger partial charge in [-0.3, -0.25) is 19.7 Å². The summed E-state index contributed by atoms with van der Waals surface area (Å²) in [5.41, 5.74) is 3.44. The molecule has 188 valence electrons. The molecule has 1 atom stereocenters. The molecule has 0 aliphatic carbocycles. The molecule has 5 amide bonds. The number of hydrogen-bond donors (Lipinski definition) is 3. The maximum absolute atomic E-state index is 12.8. The number of hydrogen-bond acceptors (Lipinski definition) is 6. The topological polar surface area (TPSA) is 134 Å². The minimum absolute atomic E-state index is 0.0277. The van der Waals surface area contributed by atoms with Gasteiger partial charge in [0, 0.05) is 35.8 Å². The van der Waals surface area contributed by atoms with Gasteiger partial charge in [0.05, 0.1) is 6.61 Å². The molecule has 4 rings (SSSR count). The Balaban J connectivity index is 1.33. The standard InChI is InChI=1S/C25H25ClN4O6/c26-18-10-15(5-7-36-8-6-31)11-19(12-18)28-25(35)27-13-16-1-2-20-17(9-16)14-30(24(20)34)21-3-4-22(32)29-23(21)33/h1-2,6,9-12,21H,3-5,7-8,13-14H2,(H2,27,28,35)(H,29,32,33). The summed E-state index contributed by atoms with van der Waals surface area (Å²) < 4.78 is 5.16. The highest BCUT2D eigenvalue weighted by atomic mass is 35.5. The van der Waals surface area contributed by atoms with Gasteiger partial charge in [-0.15, -0.1) is 0 Å². The molecule has 10 nitrogen and oxygen atoms in total. The lowest BCUT2D eigenvalue weighted by Gasteiger charge is -2.29. The van der Waals surface area contributed by atoms with Crippen molar-refractivity contribution in [3.63, 3.8) is 0 Å². The van der Waals surface area contributed by atoms with Crippen LogP contribution in [0.1, 0.15) is 39.9 Å². The van der Waals surface area contributed by atoms with Crippen LogP contribution in [0.25, 0.3) is 0 Å². The number of carbonyl (C=O) groups is 5. The van der Waals surface area contributed by atoms with E-state index in [9.17, 15) is 24.0 Å². The van der Waals surface area contributed by atoms with Crippen molar-refractivity contribution in [1.82, 2.24) is 15.5 Å². The van der Waals surface area contributed by atoms with E-state index >= 15 is 0 Å². The Hall–Kier alpha value is -3.76. The molecule has 36 heavy (non-hydrogen) atoms. The van der Waals surface area contributed by atoms with Crippen LogP contribution < -0.4 is 16.0 Å². The summed E-state index contributed by atoms with van der Waals surface area (Å²) in [7, 11) is 0. The van der Waals surface area contributed by atoms with Crippen molar-refractivity contribution in [3.8, 4) is 0 Å². The van der Waals surface area contributed by atoms with Crippen LogP contribution in [0, 0.1) is 0 Å². The van der Waals surface area contributed by atoms with Gasteiger partial charge < -0.3 is 25.1 Å². The van der Waals surface area contributed by atoms with Crippen molar-refractivity contribution in [2.75, 3.05) is 18.5 Å². The van der Waals surface area contributed by atoms with E-state index in [1.807, 2.05) is 6.07 Å². The Labute approximate surface area is 212 Å². The summed E-state index contributed by atoms with van der Waals surface area (Å²) in [4.78, 5) is 60.7. The van der Waals surface area contributed by atoms with Gasteiger partial charge in [0.25, 0.3) is 5.91 Å². The summed E-state index contributed by atoms with van der Waals surface area (Å²) in [5, 5.41) is 8.27. The number of urea groups is 1. The molecule has 1 saturated heterocycles. The number of piperidine rings is 1. The molecular formula is C25H25ClN4O6. The number of nitrogens with one attached hydrogen (secondary N) is 3. The van der Waals surface area contributed by atoms with Gasteiger partial charge in [-0.05, 0) is 53.8 Å². The predicted octanol–water partition coefficient (Wildman–Crippen LogP) is 2.18. The number of amides is 5. The highest BCUT2D eigenvalue weighted by Gasteiger charge is 2.39. The molecule has 2 aliphatic rings. The summed E-state index contributed by atoms with van der Waals surface area (Å²) in [6, 6.07) is 9.34. The first kappa shape index (κ1) is 25.3. The molecule has 0 spiro atoms. The molecule has 3 N–H and O–H groups in total. The van der Waals surface area contributed by atoms with E-state index in [2.05, 4.69) is 16.0 Å². The van der Waals surface area contributed by atoms with Gasteiger partial charge in [-0.25, -0.2) is 4.79 Å². The molecule has 2 aromatic carbocycles. The van der Waals surface area contributed by atoms with Gasteiger partial charge in [-0.1, -0.05) is 23.7 Å². The number of anilines is 1. The van der Waals surface area contributed by atoms with E-state index in [4.69, 9.17) is 16.3 Å². The lowest BCUT2D eigenvalue weighted by atomic mass is 10.0. The largest absolute Gasteiger partial charge is 0.374 e. The van der Waals surface area contributed by atoms with Crippen molar-refractivity contribution in [3.05, 3.63) is 63.7 Å². The van der Waals surface area contributed by atoms with E-state index in [0.717, 1.165) is 16.7 Å². The van der Waals surface area contributed by atoms with Crippen LogP contribution in [-0.2, 0) is 38.6 Å². The smallest absolute Gasteiger partial charge is 0.319 e. The third kappa shape index (κ3) is 6.07. The molecule has 0 saturated carbocycles. The van der Waals surface area contributed by atoms with Crippen LogP contribution in [0.4, 0.5) is 10.5 Å². The summed E-state index contributed by atoms with van der Waals surface area (Å²) in [6.07, 6.45) is 1.72. The lowest BCUT2D eigenvalue weighted by molar-refractivity contribution is -0.136. The third-order valence-electron chi connectivity index (χ3n) is 5.98. The number of halogens is 1. The second-order valence-corrected chi connectivity index (χ2v) is 8.98. The zero-order valence-electron chi connectivity index (χ0n) is 19.3. The van der Waals surface area contributed by atoms with Gasteiger partial charge in [0.15, 0.2) is 0 Å². The second-order valence-electron chi connectivity index (χ2n) is 8.54. The SMILES string of the molecule is O=CCOCCc1cc(Cl)cc(NC(=O)NCc2ccc3c(c2)CN(C2CCC(=O)NC2=O)C3=O)c1. The number of benzene rings is 2. The number of rotatable bonds is 9. The monoisotopic (exact) mass is 512 g/mol. The molecule has 1 unspecified atom stereocenters. The summed E-state index contributed by atoms with van der Waals surface area (Å²) in [5.74, 6) is -1.03. The molecule has 0 bridgehead atoms. The first-order valence-electron chi connectivity index (χ1n) is 11.5. The predicted molar refractivity (Wildman–Crippen MR) is 130 cm³/mol. The molecule has 0 aromatic heterocycles. The van der Waals surface area contributed by atoms with Crippen LogP contribution in [0.3, 0.4) is 0 Å². The fourth-order valence-corrected chi connectivity index (χ4v) is 4.54. The average Bonchev–Trinajstić information content (AvgIpc) is 3.15. The molecule has 2 aliphatic heterocycles. The van der Waals surface area contributed by atoms with Crippen molar-refractivity contribution < 1.29 is 28.7 Å². The zero-order chi connectivity index (χ0) is 25.7. The van der Waals surface area contributed by atoms with E-state index in [0.29, 0.717) is 42.0 Å².